The van der Waals surface area contributed by atoms with E-state index in [1.165, 1.54) is 18.2 Å². The highest BCUT2D eigenvalue weighted by Gasteiger charge is 2.33. The summed E-state index contributed by atoms with van der Waals surface area (Å²) in [7, 11) is 0. The molecule has 0 radical (unpaired) electrons. The number of unbranched alkanes of at least 4 members (excludes halogenated alkanes) is 2. The minimum absolute atomic E-state index is 0.0822. The molecule has 0 saturated carbocycles. The van der Waals surface area contributed by atoms with Crippen molar-refractivity contribution in [3.63, 3.8) is 0 Å². The number of anilines is 1. The van der Waals surface area contributed by atoms with Crippen LogP contribution in [0.25, 0.3) is 0 Å². The van der Waals surface area contributed by atoms with Gasteiger partial charge in [0.1, 0.15) is 6.04 Å². The van der Waals surface area contributed by atoms with E-state index in [0.29, 0.717) is 6.54 Å². The molecule has 0 fully saturated rings. The number of amides is 1. The quantitative estimate of drug-likeness (QED) is 0.752. The van der Waals surface area contributed by atoms with E-state index in [-0.39, 0.29) is 11.6 Å². The highest BCUT2D eigenvalue weighted by atomic mass is 19.4. The highest BCUT2D eigenvalue weighted by molar-refractivity contribution is 5.84. The monoisotopic (exact) mass is 302 g/mol. The second-order valence-electron chi connectivity index (χ2n) is 4.91. The number of halogens is 3. The van der Waals surface area contributed by atoms with Crippen molar-refractivity contribution in [3.8, 4) is 0 Å². The number of benzene rings is 1. The first kappa shape index (κ1) is 17.3. The molecule has 0 aliphatic rings. The second kappa shape index (κ2) is 7.90. The molecule has 1 amide bonds. The van der Waals surface area contributed by atoms with Crippen molar-refractivity contribution in [1.82, 2.24) is 5.32 Å². The van der Waals surface area contributed by atoms with E-state index in [0.717, 1.165) is 25.3 Å². The van der Waals surface area contributed by atoms with Crippen LogP contribution in [0.15, 0.2) is 24.3 Å². The molecule has 0 aliphatic carbocycles. The lowest BCUT2D eigenvalue weighted by Crippen LogP contribution is -2.38. The molecule has 118 valence electrons. The summed E-state index contributed by atoms with van der Waals surface area (Å²) in [5.74, 6) is -0.303. The molecule has 21 heavy (non-hydrogen) atoms. The van der Waals surface area contributed by atoms with Gasteiger partial charge in [-0.3, -0.25) is 4.79 Å². The Morgan fingerprint density at radius 3 is 2.52 bits per heavy atom. The third-order valence-electron chi connectivity index (χ3n) is 3.08. The molecule has 0 aliphatic heterocycles. The van der Waals surface area contributed by atoms with Crippen molar-refractivity contribution in [1.29, 1.82) is 0 Å². The lowest BCUT2D eigenvalue weighted by molar-refractivity contribution is -0.137. The van der Waals surface area contributed by atoms with Crippen molar-refractivity contribution in [2.75, 3.05) is 11.9 Å². The van der Waals surface area contributed by atoms with E-state index >= 15 is 0 Å². The summed E-state index contributed by atoms with van der Waals surface area (Å²) >= 11 is 0. The maximum absolute atomic E-state index is 12.8. The molecule has 2 N–H and O–H groups in total. The van der Waals surface area contributed by atoms with Crippen LogP contribution < -0.4 is 10.6 Å². The van der Waals surface area contributed by atoms with Gasteiger partial charge in [0, 0.05) is 12.2 Å². The van der Waals surface area contributed by atoms with Crippen LogP contribution in [0.2, 0.25) is 0 Å². The molecule has 1 aromatic carbocycles. The first-order valence-corrected chi connectivity index (χ1v) is 7.06. The van der Waals surface area contributed by atoms with Crippen LogP contribution in [-0.2, 0) is 11.0 Å². The van der Waals surface area contributed by atoms with E-state index in [1.54, 1.807) is 6.92 Å². The topological polar surface area (TPSA) is 41.1 Å². The van der Waals surface area contributed by atoms with E-state index < -0.39 is 17.8 Å². The van der Waals surface area contributed by atoms with Gasteiger partial charge in [0.05, 0.1) is 5.56 Å². The number of carbonyl (C=O) groups is 1. The van der Waals surface area contributed by atoms with Crippen molar-refractivity contribution < 1.29 is 18.0 Å². The first-order chi connectivity index (χ1) is 9.86. The van der Waals surface area contributed by atoms with Crippen LogP contribution in [0.1, 0.15) is 38.7 Å². The molecule has 6 heteroatoms. The zero-order valence-corrected chi connectivity index (χ0v) is 12.3. The fraction of sp³-hybridized carbons (Fsp3) is 0.533. The molecular formula is C15H21F3N2O. The number of hydrogen-bond acceptors (Lipinski definition) is 2. The number of alkyl halides is 3. The number of rotatable bonds is 7. The summed E-state index contributed by atoms with van der Waals surface area (Å²) in [5.41, 5.74) is -0.850. The summed E-state index contributed by atoms with van der Waals surface area (Å²) in [6, 6.07) is 4.42. The third kappa shape index (κ3) is 5.65. The number of carbonyl (C=O) groups excluding carboxylic acids is 1. The van der Waals surface area contributed by atoms with Crippen molar-refractivity contribution in [2.24, 2.45) is 0 Å². The Hall–Kier alpha value is -1.72. The summed E-state index contributed by atoms with van der Waals surface area (Å²) in [6.07, 6.45) is -1.52. The van der Waals surface area contributed by atoms with E-state index in [2.05, 4.69) is 17.6 Å². The van der Waals surface area contributed by atoms with Crippen LogP contribution in [0.5, 0.6) is 0 Å². The van der Waals surface area contributed by atoms with Gasteiger partial charge in [-0.05, 0) is 25.5 Å². The largest absolute Gasteiger partial charge is 0.418 e. The minimum atomic E-state index is -4.44. The van der Waals surface area contributed by atoms with Crippen LogP contribution in [0.4, 0.5) is 18.9 Å². The lowest BCUT2D eigenvalue weighted by Gasteiger charge is -2.19. The van der Waals surface area contributed by atoms with Gasteiger partial charge in [-0.1, -0.05) is 31.9 Å². The Kier molecular flexibility index (Phi) is 6.52. The van der Waals surface area contributed by atoms with Crippen molar-refractivity contribution >= 4 is 11.6 Å². The van der Waals surface area contributed by atoms with Crippen LogP contribution in [-0.4, -0.2) is 18.5 Å². The van der Waals surface area contributed by atoms with E-state index in [9.17, 15) is 18.0 Å². The summed E-state index contributed by atoms with van der Waals surface area (Å²) in [5, 5.41) is 5.34. The zero-order valence-electron chi connectivity index (χ0n) is 12.3. The molecule has 1 aromatic rings. The van der Waals surface area contributed by atoms with Crippen molar-refractivity contribution in [3.05, 3.63) is 29.8 Å². The van der Waals surface area contributed by atoms with Gasteiger partial charge in [0.2, 0.25) is 5.91 Å². The lowest BCUT2D eigenvalue weighted by atomic mass is 10.1. The molecule has 0 aromatic heterocycles. The third-order valence-corrected chi connectivity index (χ3v) is 3.08. The van der Waals surface area contributed by atoms with Crippen molar-refractivity contribution in [2.45, 2.75) is 45.3 Å². The Morgan fingerprint density at radius 1 is 1.24 bits per heavy atom. The molecule has 0 saturated heterocycles. The minimum Gasteiger partial charge on any atom is -0.373 e. The zero-order chi connectivity index (χ0) is 15.9. The van der Waals surface area contributed by atoms with Gasteiger partial charge in [-0.2, -0.15) is 13.2 Å². The summed E-state index contributed by atoms with van der Waals surface area (Å²) in [4.78, 5) is 11.8. The number of nitrogens with one attached hydrogen (secondary N) is 2. The number of para-hydroxylation sites is 1. The standard InChI is InChI=1S/C15H21F3N2O/c1-3-4-7-10-19-14(21)11(2)20-13-9-6-5-8-12(13)15(16,17)18/h5-6,8-9,11,20H,3-4,7,10H2,1-2H3,(H,19,21). The Morgan fingerprint density at radius 2 is 1.90 bits per heavy atom. The maximum Gasteiger partial charge on any atom is 0.418 e. The Bertz CT molecular complexity index is 460. The molecule has 3 nitrogen and oxygen atoms in total. The molecule has 1 rings (SSSR count). The van der Waals surface area contributed by atoms with E-state index in [4.69, 9.17) is 0 Å². The van der Waals surface area contributed by atoms with Gasteiger partial charge in [0.15, 0.2) is 0 Å². The molecular weight excluding hydrogens is 281 g/mol. The smallest absolute Gasteiger partial charge is 0.373 e. The van der Waals surface area contributed by atoms with E-state index in [1.807, 2.05) is 0 Å². The fourth-order valence-electron chi connectivity index (χ4n) is 1.89. The van der Waals surface area contributed by atoms with Gasteiger partial charge in [0.25, 0.3) is 0 Å². The maximum atomic E-state index is 12.8. The van der Waals surface area contributed by atoms with Crippen LogP contribution in [0.3, 0.4) is 0 Å². The normalized spacial score (nSPS) is 12.8. The Balaban J connectivity index is 2.62. The second-order valence-corrected chi connectivity index (χ2v) is 4.91. The first-order valence-electron chi connectivity index (χ1n) is 7.06. The molecule has 0 spiro atoms. The molecule has 0 heterocycles. The number of hydrogen-bond donors (Lipinski definition) is 2. The predicted molar refractivity (Wildman–Crippen MR) is 77.1 cm³/mol. The van der Waals surface area contributed by atoms with Crippen LogP contribution >= 0.6 is 0 Å². The van der Waals surface area contributed by atoms with Crippen LogP contribution in [0, 0.1) is 0 Å². The SMILES string of the molecule is CCCCCNC(=O)C(C)Nc1ccccc1C(F)(F)F. The molecule has 1 unspecified atom stereocenters. The highest BCUT2D eigenvalue weighted by Crippen LogP contribution is 2.34. The fourth-order valence-corrected chi connectivity index (χ4v) is 1.89. The van der Waals surface area contributed by atoms with Gasteiger partial charge in [-0.15, -0.1) is 0 Å². The average molecular weight is 302 g/mol. The van der Waals surface area contributed by atoms with Gasteiger partial charge >= 0.3 is 6.18 Å². The summed E-state index contributed by atoms with van der Waals surface area (Å²) in [6.45, 7) is 4.14. The average Bonchev–Trinajstić information content (AvgIpc) is 2.42. The predicted octanol–water partition coefficient (Wildman–Crippen LogP) is 3.81. The van der Waals surface area contributed by atoms with Gasteiger partial charge in [-0.25, -0.2) is 0 Å². The van der Waals surface area contributed by atoms with Gasteiger partial charge < -0.3 is 10.6 Å². The molecule has 1 atom stereocenters. The molecule has 0 bridgehead atoms. The summed E-state index contributed by atoms with van der Waals surface area (Å²) < 4.78 is 38.5. The Labute approximate surface area is 122 Å².